The van der Waals surface area contributed by atoms with Crippen LogP contribution in [0.2, 0.25) is 0 Å². The molecule has 0 aliphatic heterocycles. The van der Waals surface area contributed by atoms with Crippen LogP contribution in [0.4, 0.5) is 8.78 Å². The standard InChI is InChI=1S/C12H12F2O4S/c1-19(17,18)10-6-8(13)7(5-9(10)14)12(11(15)16)3-2-4-12/h5-6H,2-4H2,1H3,(H,15,16). The van der Waals surface area contributed by atoms with Crippen LogP contribution in [0.25, 0.3) is 0 Å². The highest BCUT2D eigenvalue weighted by Crippen LogP contribution is 2.45. The first-order valence-corrected chi connectivity index (χ1v) is 7.50. The summed E-state index contributed by atoms with van der Waals surface area (Å²) in [5.41, 5.74) is -1.71. The van der Waals surface area contributed by atoms with Crippen molar-refractivity contribution in [1.82, 2.24) is 0 Å². The van der Waals surface area contributed by atoms with Gasteiger partial charge in [-0.25, -0.2) is 17.2 Å². The zero-order chi connectivity index (χ0) is 14.4. The van der Waals surface area contributed by atoms with Crippen molar-refractivity contribution >= 4 is 15.8 Å². The molecule has 1 N–H and O–H groups in total. The summed E-state index contributed by atoms with van der Waals surface area (Å²) in [4.78, 5) is 10.5. The number of carboxylic acids is 1. The van der Waals surface area contributed by atoms with Gasteiger partial charge in [0, 0.05) is 11.8 Å². The molecule has 0 aromatic heterocycles. The lowest BCUT2D eigenvalue weighted by atomic mass is 9.64. The van der Waals surface area contributed by atoms with Gasteiger partial charge in [0.25, 0.3) is 0 Å². The molecule has 0 radical (unpaired) electrons. The number of hydrogen-bond acceptors (Lipinski definition) is 3. The normalized spacial score (nSPS) is 17.8. The maximum absolute atomic E-state index is 13.9. The first kappa shape index (κ1) is 13.9. The van der Waals surface area contributed by atoms with Crippen LogP contribution in [0.3, 0.4) is 0 Å². The maximum Gasteiger partial charge on any atom is 0.314 e. The fourth-order valence-corrected chi connectivity index (χ4v) is 3.04. The molecule has 4 nitrogen and oxygen atoms in total. The van der Waals surface area contributed by atoms with Crippen molar-refractivity contribution in [2.75, 3.05) is 6.26 Å². The van der Waals surface area contributed by atoms with E-state index < -0.39 is 37.8 Å². The third-order valence-electron chi connectivity index (χ3n) is 3.55. The highest BCUT2D eigenvalue weighted by Gasteiger charge is 2.48. The number of rotatable bonds is 3. The van der Waals surface area contributed by atoms with Gasteiger partial charge >= 0.3 is 5.97 Å². The van der Waals surface area contributed by atoms with E-state index in [1.807, 2.05) is 0 Å². The summed E-state index contributed by atoms with van der Waals surface area (Å²) in [5.74, 6) is -3.33. The Morgan fingerprint density at radius 2 is 1.84 bits per heavy atom. The summed E-state index contributed by atoms with van der Waals surface area (Å²) in [7, 11) is -3.89. The average molecular weight is 290 g/mol. The second-order valence-corrected chi connectivity index (χ2v) is 6.76. The van der Waals surface area contributed by atoms with Crippen molar-refractivity contribution in [2.45, 2.75) is 29.6 Å². The summed E-state index contributed by atoms with van der Waals surface area (Å²) in [6.07, 6.45) is 1.82. The number of carboxylic acid groups (broad SMARTS) is 1. The minimum Gasteiger partial charge on any atom is -0.481 e. The van der Waals surface area contributed by atoms with Gasteiger partial charge in [-0.1, -0.05) is 6.42 Å². The van der Waals surface area contributed by atoms with Crippen LogP contribution < -0.4 is 0 Å². The Morgan fingerprint density at radius 3 is 2.21 bits per heavy atom. The molecule has 2 rings (SSSR count). The summed E-state index contributed by atoms with van der Waals surface area (Å²) in [6.45, 7) is 0. The minimum absolute atomic E-state index is 0.219. The Morgan fingerprint density at radius 1 is 1.26 bits per heavy atom. The van der Waals surface area contributed by atoms with Crippen molar-refractivity contribution < 1.29 is 27.1 Å². The van der Waals surface area contributed by atoms with Crippen LogP contribution >= 0.6 is 0 Å². The van der Waals surface area contributed by atoms with Crippen LogP contribution in [-0.2, 0) is 20.0 Å². The van der Waals surface area contributed by atoms with E-state index >= 15 is 0 Å². The van der Waals surface area contributed by atoms with Gasteiger partial charge in [-0.05, 0) is 25.0 Å². The first-order valence-electron chi connectivity index (χ1n) is 5.61. The first-order chi connectivity index (χ1) is 8.68. The van der Waals surface area contributed by atoms with Crippen molar-refractivity contribution in [3.63, 3.8) is 0 Å². The topological polar surface area (TPSA) is 71.4 Å². The highest BCUT2D eigenvalue weighted by molar-refractivity contribution is 7.90. The molecule has 19 heavy (non-hydrogen) atoms. The summed E-state index contributed by atoms with van der Waals surface area (Å²) in [5, 5.41) is 9.17. The Balaban J connectivity index is 2.62. The SMILES string of the molecule is CS(=O)(=O)c1cc(F)c(C2(C(=O)O)CCC2)cc1F. The molecule has 1 aromatic rings. The number of sulfone groups is 1. The van der Waals surface area contributed by atoms with Gasteiger partial charge < -0.3 is 5.11 Å². The third-order valence-corrected chi connectivity index (χ3v) is 4.66. The number of aliphatic carboxylic acids is 1. The molecule has 0 spiro atoms. The number of halogens is 2. The predicted molar refractivity (Wildman–Crippen MR) is 62.6 cm³/mol. The summed E-state index contributed by atoms with van der Waals surface area (Å²) >= 11 is 0. The van der Waals surface area contributed by atoms with Gasteiger partial charge in [0.15, 0.2) is 9.84 Å². The van der Waals surface area contributed by atoms with Gasteiger partial charge in [-0.2, -0.15) is 0 Å². The average Bonchev–Trinajstić information content (AvgIpc) is 2.18. The second-order valence-electron chi connectivity index (χ2n) is 4.78. The quantitative estimate of drug-likeness (QED) is 0.922. The van der Waals surface area contributed by atoms with Crippen LogP contribution in [0.5, 0.6) is 0 Å². The number of carbonyl (C=O) groups is 1. The Hall–Kier alpha value is -1.50. The lowest BCUT2D eigenvalue weighted by molar-refractivity contribution is -0.147. The molecule has 1 fully saturated rings. The molecule has 104 valence electrons. The van der Waals surface area contributed by atoms with Crippen LogP contribution in [0, 0.1) is 11.6 Å². The van der Waals surface area contributed by atoms with Gasteiger partial charge in [0.2, 0.25) is 0 Å². The zero-order valence-electron chi connectivity index (χ0n) is 10.1. The zero-order valence-corrected chi connectivity index (χ0v) is 10.9. The lowest BCUT2D eigenvalue weighted by Crippen LogP contribution is -2.43. The van der Waals surface area contributed by atoms with Crippen molar-refractivity contribution in [2.24, 2.45) is 0 Å². The molecular weight excluding hydrogens is 278 g/mol. The van der Waals surface area contributed by atoms with E-state index in [-0.39, 0.29) is 18.4 Å². The molecule has 1 aliphatic carbocycles. The Kier molecular flexibility index (Phi) is 3.12. The fourth-order valence-electron chi connectivity index (χ4n) is 2.31. The van der Waals surface area contributed by atoms with E-state index in [4.69, 9.17) is 0 Å². The van der Waals surface area contributed by atoms with Gasteiger partial charge in [-0.3, -0.25) is 4.79 Å². The van der Waals surface area contributed by atoms with Crippen LogP contribution in [-0.4, -0.2) is 25.7 Å². The van der Waals surface area contributed by atoms with E-state index in [0.29, 0.717) is 18.6 Å². The van der Waals surface area contributed by atoms with E-state index in [1.54, 1.807) is 0 Å². The molecule has 0 unspecified atom stereocenters. The second kappa shape index (κ2) is 4.26. The largest absolute Gasteiger partial charge is 0.481 e. The molecular formula is C12H12F2O4S. The maximum atomic E-state index is 13.9. The smallest absolute Gasteiger partial charge is 0.314 e. The molecule has 0 amide bonds. The van der Waals surface area contributed by atoms with Crippen molar-refractivity contribution in [3.05, 3.63) is 29.3 Å². The predicted octanol–water partition coefficient (Wildman–Crippen LogP) is 1.87. The fraction of sp³-hybridized carbons (Fsp3) is 0.417. The molecule has 0 heterocycles. The monoisotopic (exact) mass is 290 g/mol. The van der Waals surface area contributed by atoms with E-state index in [1.165, 1.54) is 0 Å². The molecule has 0 atom stereocenters. The Labute approximate surface area is 109 Å². The molecule has 1 aliphatic rings. The van der Waals surface area contributed by atoms with Crippen LogP contribution in [0.1, 0.15) is 24.8 Å². The molecule has 1 saturated carbocycles. The van der Waals surface area contributed by atoms with E-state index in [9.17, 15) is 27.1 Å². The number of hydrogen-bond donors (Lipinski definition) is 1. The van der Waals surface area contributed by atoms with Crippen LogP contribution in [0.15, 0.2) is 17.0 Å². The molecule has 0 bridgehead atoms. The molecule has 0 saturated heterocycles. The van der Waals surface area contributed by atoms with Crippen molar-refractivity contribution in [3.8, 4) is 0 Å². The highest BCUT2D eigenvalue weighted by atomic mass is 32.2. The lowest BCUT2D eigenvalue weighted by Gasteiger charge is -2.38. The van der Waals surface area contributed by atoms with E-state index in [0.717, 1.165) is 6.26 Å². The molecule has 1 aromatic carbocycles. The van der Waals surface area contributed by atoms with Gasteiger partial charge in [0.05, 0.1) is 5.41 Å². The van der Waals surface area contributed by atoms with Crippen molar-refractivity contribution in [1.29, 1.82) is 0 Å². The summed E-state index contributed by atoms with van der Waals surface area (Å²) in [6, 6.07) is 1.25. The van der Waals surface area contributed by atoms with Gasteiger partial charge in [0.1, 0.15) is 16.5 Å². The number of benzene rings is 1. The third kappa shape index (κ3) is 2.11. The van der Waals surface area contributed by atoms with E-state index in [2.05, 4.69) is 0 Å². The minimum atomic E-state index is -3.89. The van der Waals surface area contributed by atoms with Gasteiger partial charge in [-0.15, -0.1) is 0 Å². The molecule has 7 heteroatoms. The Bertz CT molecular complexity index is 648. The summed E-state index contributed by atoms with van der Waals surface area (Å²) < 4.78 is 50.2.